The summed E-state index contributed by atoms with van der Waals surface area (Å²) in [4.78, 5) is 0. The van der Waals surface area contributed by atoms with Gasteiger partial charge in [0.25, 0.3) is 0 Å². The van der Waals surface area contributed by atoms with E-state index in [-0.39, 0.29) is 6.10 Å². The number of ether oxygens (including phenoxy) is 1. The first-order valence-corrected chi connectivity index (χ1v) is 6.24. The molecule has 1 aliphatic heterocycles. The maximum absolute atomic E-state index is 9.89. The Bertz CT molecular complexity index is 154. The van der Waals surface area contributed by atoms with E-state index in [1.807, 2.05) is 0 Å². The van der Waals surface area contributed by atoms with E-state index >= 15 is 0 Å². The van der Waals surface area contributed by atoms with Crippen LogP contribution >= 0.6 is 0 Å². The largest absolute Gasteiger partial charge is 0.392 e. The number of hydrogen-bond donors (Lipinski definition) is 2. The predicted molar refractivity (Wildman–Crippen MR) is 61.9 cm³/mol. The van der Waals surface area contributed by atoms with E-state index in [1.54, 1.807) is 0 Å². The van der Waals surface area contributed by atoms with Gasteiger partial charge >= 0.3 is 0 Å². The Morgan fingerprint density at radius 2 is 2.13 bits per heavy atom. The van der Waals surface area contributed by atoms with Gasteiger partial charge in [0.2, 0.25) is 0 Å². The molecule has 3 heteroatoms. The molecule has 1 saturated heterocycles. The molecule has 2 atom stereocenters. The van der Waals surface area contributed by atoms with Crippen molar-refractivity contribution in [1.82, 2.24) is 5.32 Å². The van der Waals surface area contributed by atoms with Gasteiger partial charge in [0.05, 0.1) is 12.7 Å². The fourth-order valence-corrected chi connectivity index (χ4v) is 2.18. The molecule has 2 N–H and O–H groups in total. The highest BCUT2D eigenvalue weighted by Crippen LogP contribution is 2.13. The summed E-state index contributed by atoms with van der Waals surface area (Å²) in [6.45, 7) is 7.78. The van der Waals surface area contributed by atoms with Crippen molar-refractivity contribution in [1.29, 1.82) is 0 Å². The van der Waals surface area contributed by atoms with E-state index in [1.165, 1.54) is 0 Å². The average molecular weight is 215 g/mol. The fraction of sp³-hybridized carbons (Fsp3) is 1.00. The maximum Gasteiger partial charge on any atom is 0.0692 e. The van der Waals surface area contributed by atoms with Crippen LogP contribution in [0.3, 0.4) is 0 Å². The summed E-state index contributed by atoms with van der Waals surface area (Å²) in [7, 11) is 0. The van der Waals surface area contributed by atoms with Gasteiger partial charge < -0.3 is 15.2 Å². The summed E-state index contributed by atoms with van der Waals surface area (Å²) < 4.78 is 5.30. The Labute approximate surface area is 93.2 Å². The summed E-state index contributed by atoms with van der Waals surface area (Å²) in [5.41, 5.74) is 0. The third kappa shape index (κ3) is 4.49. The van der Waals surface area contributed by atoms with Crippen LogP contribution in [0.4, 0.5) is 0 Å². The summed E-state index contributed by atoms with van der Waals surface area (Å²) >= 11 is 0. The quantitative estimate of drug-likeness (QED) is 0.674. The summed E-state index contributed by atoms with van der Waals surface area (Å²) in [5.74, 6) is 1.09. The van der Waals surface area contributed by atoms with Crippen molar-refractivity contribution >= 4 is 0 Å². The van der Waals surface area contributed by atoms with Gasteiger partial charge in [-0.15, -0.1) is 0 Å². The molecule has 1 aliphatic rings. The molecule has 0 amide bonds. The molecule has 0 aliphatic carbocycles. The molecule has 0 bridgehead atoms. The lowest BCUT2D eigenvalue weighted by Gasteiger charge is -2.21. The molecule has 0 radical (unpaired) electrons. The van der Waals surface area contributed by atoms with Gasteiger partial charge in [0.1, 0.15) is 0 Å². The van der Waals surface area contributed by atoms with E-state index < -0.39 is 0 Å². The van der Waals surface area contributed by atoms with E-state index in [9.17, 15) is 5.11 Å². The Kier molecular flexibility index (Phi) is 6.22. The lowest BCUT2D eigenvalue weighted by Crippen LogP contribution is -2.35. The maximum atomic E-state index is 9.89. The molecule has 1 fully saturated rings. The predicted octanol–water partition coefficient (Wildman–Crippen LogP) is 1.41. The Morgan fingerprint density at radius 1 is 1.40 bits per heavy atom. The van der Waals surface area contributed by atoms with Crippen LogP contribution in [0, 0.1) is 11.8 Å². The normalized spacial score (nSPS) is 23.6. The van der Waals surface area contributed by atoms with Gasteiger partial charge in [0, 0.05) is 19.7 Å². The molecule has 0 spiro atoms. The van der Waals surface area contributed by atoms with E-state index in [0.717, 1.165) is 45.6 Å². The van der Waals surface area contributed by atoms with Crippen molar-refractivity contribution in [3.05, 3.63) is 0 Å². The third-order valence-electron chi connectivity index (χ3n) is 3.40. The first-order chi connectivity index (χ1) is 7.27. The summed E-state index contributed by atoms with van der Waals surface area (Å²) in [6, 6.07) is 0. The lowest BCUT2D eigenvalue weighted by atomic mass is 9.96. The molecule has 1 heterocycles. The third-order valence-corrected chi connectivity index (χ3v) is 3.40. The number of nitrogens with one attached hydrogen (secondary N) is 1. The van der Waals surface area contributed by atoms with Crippen molar-refractivity contribution < 1.29 is 9.84 Å². The highest BCUT2D eigenvalue weighted by atomic mass is 16.5. The van der Waals surface area contributed by atoms with Gasteiger partial charge in [-0.3, -0.25) is 0 Å². The molecule has 1 rings (SSSR count). The molecule has 15 heavy (non-hydrogen) atoms. The standard InChI is InChI=1S/C12H25NO2/c1-3-11(4-2)12(14)8-13-7-10-5-6-15-9-10/h10-14H,3-9H2,1-2H3. The van der Waals surface area contributed by atoms with Crippen LogP contribution in [0.2, 0.25) is 0 Å². The van der Waals surface area contributed by atoms with Gasteiger partial charge in [-0.1, -0.05) is 26.7 Å². The molecular weight excluding hydrogens is 190 g/mol. The molecule has 90 valence electrons. The molecular formula is C12H25NO2. The molecule has 0 aromatic rings. The van der Waals surface area contributed by atoms with Crippen molar-refractivity contribution in [2.24, 2.45) is 11.8 Å². The molecule has 0 saturated carbocycles. The second-order valence-electron chi connectivity index (χ2n) is 4.53. The van der Waals surface area contributed by atoms with Crippen LogP contribution in [0.5, 0.6) is 0 Å². The van der Waals surface area contributed by atoms with Crippen molar-refractivity contribution in [3.8, 4) is 0 Å². The van der Waals surface area contributed by atoms with Crippen LogP contribution in [0.1, 0.15) is 33.1 Å². The topological polar surface area (TPSA) is 41.5 Å². The fourth-order valence-electron chi connectivity index (χ4n) is 2.18. The zero-order chi connectivity index (χ0) is 11.1. The number of aliphatic hydroxyl groups excluding tert-OH is 1. The van der Waals surface area contributed by atoms with Crippen molar-refractivity contribution in [2.45, 2.75) is 39.2 Å². The average Bonchev–Trinajstić information content (AvgIpc) is 2.72. The second-order valence-corrected chi connectivity index (χ2v) is 4.53. The SMILES string of the molecule is CCC(CC)C(O)CNCC1CCOC1. The molecule has 2 unspecified atom stereocenters. The number of aliphatic hydroxyl groups is 1. The first kappa shape index (κ1) is 12.9. The van der Waals surface area contributed by atoms with Gasteiger partial charge in [-0.05, 0) is 18.3 Å². The molecule has 0 aromatic carbocycles. The summed E-state index contributed by atoms with van der Waals surface area (Å²) in [6.07, 6.45) is 3.09. The Balaban J connectivity index is 2.07. The smallest absolute Gasteiger partial charge is 0.0692 e. The second kappa shape index (κ2) is 7.20. The monoisotopic (exact) mass is 215 g/mol. The highest BCUT2D eigenvalue weighted by Gasteiger charge is 2.18. The van der Waals surface area contributed by atoms with E-state index in [4.69, 9.17) is 4.74 Å². The first-order valence-electron chi connectivity index (χ1n) is 6.24. The zero-order valence-corrected chi connectivity index (χ0v) is 10.0. The van der Waals surface area contributed by atoms with Gasteiger partial charge in [-0.2, -0.15) is 0 Å². The van der Waals surface area contributed by atoms with Crippen molar-refractivity contribution in [2.75, 3.05) is 26.3 Å². The zero-order valence-electron chi connectivity index (χ0n) is 10.0. The number of hydrogen-bond acceptors (Lipinski definition) is 3. The minimum absolute atomic E-state index is 0.192. The van der Waals surface area contributed by atoms with Gasteiger partial charge in [-0.25, -0.2) is 0 Å². The summed E-state index contributed by atoms with van der Waals surface area (Å²) in [5, 5.41) is 13.2. The minimum Gasteiger partial charge on any atom is -0.392 e. The molecule has 0 aromatic heterocycles. The van der Waals surface area contributed by atoms with Crippen LogP contribution in [0.25, 0.3) is 0 Å². The molecule has 3 nitrogen and oxygen atoms in total. The minimum atomic E-state index is -0.192. The number of rotatable bonds is 7. The Morgan fingerprint density at radius 3 is 2.67 bits per heavy atom. The van der Waals surface area contributed by atoms with E-state index in [2.05, 4.69) is 19.2 Å². The van der Waals surface area contributed by atoms with Crippen LogP contribution in [0.15, 0.2) is 0 Å². The lowest BCUT2D eigenvalue weighted by molar-refractivity contribution is 0.0998. The van der Waals surface area contributed by atoms with E-state index in [0.29, 0.717) is 11.8 Å². The Hall–Kier alpha value is -0.120. The van der Waals surface area contributed by atoms with Gasteiger partial charge in [0.15, 0.2) is 0 Å². The van der Waals surface area contributed by atoms with Crippen molar-refractivity contribution in [3.63, 3.8) is 0 Å². The van der Waals surface area contributed by atoms with Crippen LogP contribution < -0.4 is 5.32 Å². The van der Waals surface area contributed by atoms with Crippen LogP contribution in [-0.2, 0) is 4.74 Å². The van der Waals surface area contributed by atoms with Crippen LogP contribution in [-0.4, -0.2) is 37.5 Å². The highest BCUT2D eigenvalue weighted by molar-refractivity contribution is 4.71.